The van der Waals surface area contributed by atoms with E-state index in [1.807, 2.05) is 35.3 Å². The number of aromatic nitrogens is 4. The second-order valence-corrected chi connectivity index (χ2v) is 4.13. The van der Waals surface area contributed by atoms with Crippen LogP contribution >= 0.6 is 0 Å². The van der Waals surface area contributed by atoms with Gasteiger partial charge in [-0.25, -0.2) is 0 Å². The molecule has 0 bridgehead atoms. The van der Waals surface area contributed by atoms with E-state index in [1.54, 1.807) is 0 Å². The zero-order valence-corrected chi connectivity index (χ0v) is 10.2. The van der Waals surface area contributed by atoms with Gasteiger partial charge in [-0.1, -0.05) is 6.07 Å². The molecular weight excluding hydrogens is 226 g/mol. The van der Waals surface area contributed by atoms with Crippen LogP contribution < -0.4 is 5.32 Å². The average molecular weight is 241 g/mol. The van der Waals surface area contributed by atoms with Crippen LogP contribution in [0.3, 0.4) is 0 Å². The fraction of sp³-hybridized carbons (Fsp3) is 0.231. The molecule has 2 N–H and O–H groups in total. The number of hydrogen-bond donors (Lipinski definition) is 2. The number of benzene rings is 1. The molecule has 0 amide bonds. The van der Waals surface area contributed by atoms with Crippen molar-refractivity contribution in [2.75, 3.05) is 5.32 Å². The van der Waals surface area contributed by atoms with E-state index in [0.29, 0.717) is 0 Å². The number of anilines is 1. The van der Waals surface area contributed by atoms with E-state index in [2.05, 4.69) is 33.6 Å². The molecule has 0 atom stereocenters. The van der Waals surface area contributed by atoms with Gasteiger partial charge in [-0.15, -0.1) is 0 Å². The Balaban J connectivity index is 1.83. The summed E-state index contributed by atoms with van der Waals surface area (Å²) in [6, 6.07) is 8.13. The molecule has 0 aliphatic carbocycles. The third-order valence-corrected chi connectivity index (χ3v) is 3.05. The molecule has 5 nitrogen and oxygen atoms in total. The first kappa shape index (κ1) is 10.8. The van der Waals surface area contributed by atoms with Crippen molar-refractivity contribution in [1.29, 1.82) is 0 Å². The normalized spacial score (nSPS) is 10.9. The van der Waals surface area contributed by atoms with Crippen molar-refractivity contribution in [2.24, 2.45) is 0 Å². The monoisotopic (exact) mass is 241 g/mol. The summed E-state index contributed by atoms with van der Waals surface area (Å²) in [6.07, 6.45) is 3.67. The average Bonchev–Trinajstić information content (AvgIpc) is 3.04. The van der Waals surface area contributed by atoms with Gasteiger partial charge in [-0.2, -0.15) is 10.2 Å². The summed E-state index contributed by atoms with van der Waals surface area (Å²) in [7, 11) is 0. The van der Waals surface area contributed by atoms with Gasteiger partial charge in [0.1, 0.15) is 0 Å². The molecule has 0 spiro atoms. The number of rotatable bonds is 4. The smallest absolute Gasteiger partial charge is 0.0671 e. The number of nitrogens with one attached hydrogen (secondary N) is 2. The molecule has 0 radical (unpaired) electrons. The third kappa shape index (κ3) is 1.84. The Labute approximate surface area is 105 Å². The Morgan fingerprint density at radius 2 is 2.28 bits per heavy atom. The quantitative estimate of drug-likeness (QED) is 0.737. The predicted octanol–water partition coefficient (Wildman–Crippen LogP) is 2.39. The molecule has 0 aliphatic rings. The van der Waals surface area contributed by atoms with E-state index in [9.17, 15) is 0 Å². The molecule has 0 fully saturated rings. The highest BCUT2D eigenvalue weighted by Gasteiger charge is 2.04. The van der Waals surface area contributed by atoms with Gasteiger partial charge in [0.15, 0.2) is 0 Å². The summed E-state index contributed by atoms with van der Waals surface area (Å²) in [5.41, 5.74) is 3.31. The molecule has 2 aromatic heterocycles. The Morgan fingerprint density at radius 1 is 1.33 bits per heavy atom. The van der Waals surface area contributed by atoms with Gasteiger partial charge in [0.2, 0.25) is 0 Å². The predicted molar refractivity (Wildman–Crippen MR) is 71.3 cm³/mol. The highest BCUT2D eigenvalue weighted by Crippen LogP contribution is 2.21. The molecule has 3 rings (SSSR count). The zero-order valence-electron chi connectivity index (χ0n) is 10.2. The van der Waals surface area contributed by atoms with E-state index >= 15 is 0 Å². The zero-order chi connectivity index (χ0) is 12.4. The van der Waals surface area contributed by atoms with E-state index in [1.165, 1.54) is 5.69 Å². The van der Waals surface area contributed by atoms with Crippen molar-refractivity contribution in [3.8, 4) is 0 Å². The minimum Gasteiger partial charge on any atom is -0.379 e. The maximum absolute atomic E-state index is 4.26. The van der Waals surface area contributed by atoms with Crippen LogP contribution in [0.2, 0.25) is 0 Å². The minimum atomic E-state index is 0.762. The molecule has 1 aromatic carbocycles. The first-order chi connectivity index (χ1) is 8.88. The lowest BCUT2D eigenvalue weighted by atomic mass is 10.2. The van der Waals surface area contributed by atoms with Crippen LogP contribution in [-0.4, -0.2) is 20.0 Å². The molecule has 18 heavy (non-hydrogen) atoms. The number of H-pyrrole nitrogens is 1. The lowest BCUT2D eigenvalue weighted by Crippen LogP contribution is -2.07. The molecule has 3 aromatic rings. The maximum atomic E-state index is 4.26. The van der Waals surface area contributed by atoms with Gasteiger partial charge < -0.3 is 5.32 Å². The molecule has 0 saturated heterocycles. The highest BCUT2D eigenvalue weighted by atomic mass is 15.3. The Bertz CT molecular complexity index is 652. The molecule has 92 valence electrons. The number of aromatic amines is 1. The highest BCUT2D eigenvalue weighted by molar-refractivity contribution is 5.90. The van der Waals surface area contributed by atoms with E-state index in [4.69, 9.17) is 0 Å². The fourth-order valence-electron chi connectivity index (χ4n) is 2.10. The Morgan fingerprint density at radius 3 is 3.17 bits per heavy atom. The van der Waals surface area contributed by atoms with Gasteiger partial charge in [-0.3, -0.25) is 9.78 Å². The Kier molecular flexibility index (Phi) is 2.72. The topological polar surface area (TPSA) is 58.5 Å². The lowest BCUT2D eigenvalue weighted by molar-refractivity contribution is 0.628. The van der Waals surface area contributed by atoms with Crippen LogP contribution in [0.25, 0.3) is 10.9 Å². The van der Waals surface area contributed by atoms with E-state index in [0.717, 1.165) is 29.7 Å². The fourth-order valence-corrected chi connectivity index (χ4v) is 2.10. The number of nitrogens with zero attached hydrogens (tertiary/aromatic N) is 3. The molecule has 2 heterocycles. The van der Waals surface area contributed by atoms with Crippen molar-refractivity contribution < 1.29 is 0 Å². The summed E-state index contributed by atoms with van der Waals surface area (Å²) in [5, 5.41) is 15.8. The van der Waals surface area contributed by atoms with E-state index in [-0.39, 0.29) is 0 Å². The summed E-state index contributed by atoms with van der Waals surface area (Å²) >= 11 is 0. The first-order valence-corrected chi connectivity index (χ1v) is 6.05. The van der Waals surface area contributed by atoms with Crippen molar-refractivity contribution in [3.05, 3.63) is 42.4 Å². The van der Waals surface area contributed by atoms with Gasteiger partial charge in [0.05, 0.1) is 24.0 Å². The van der Waals surface area contributed by atoms with Crippen LogP contribution in [0.1, 0.15) is 12.6 Å². The summed E-state index contributed by atoms with van der Waals surface area (Å²) in [6.45, 7) is 3.74. The number of fused-ring (bicyclic) bond motifs is 1. The summed E-state index contributed by atoms with van der Waals surface area (Å²) in [4.78, 5) is 0. The van der Waals surface area contributed by atoms with Crippen molar-refractivity contribution in [1.82, 2.24) is 20.0 Å². The van der Waals surface area contributed by atoms with Crippen LogP contribution in [-0.2, 0) is 13.1 Å². The summed E-state index contributed by atoms with van der Waals surface area (Å²) < 4.78 is 1.99. The van der Waals surface area contributed by atoms with Crippen LogP contribution in [0.15, 0.2) is 36.7 Å². The first-order valence-electron chi connectivity index (χ1n) is 6.05. The molecular formula is C13H15N5. The second kappa shape index (κ2) is 4.52. The molecule has 0 saturated carbocycles. The Hall–Kier alpha value is -2.30. The van der Waals surface area contributed by atoms with Gasteiger partial charge in [0, 0.05) is 23.8 Å². The van der Waals surface area contributed by atoms with E-state index < -0.39 is 0 Å². The van der Waals surface area contributed by atoms with Gasteiger partial charge in [0.25, 0.3) is 0 Å². The summed E-state index contributed by atoms with van der Waals surface area (Å²) in [5.74, 6) is 0. The van der Waals surface area contributed by atoms with Gasteiger partial charge in [-0.05, 0) is 25.1 Å². The SMILES string of the molecule is CCn1nccc1CNc1cccc2[nH]ncc12. The maximum Gasteiger partial charge on any atom is 0.0671 e. The largest absolute Gasteiger partial charge is 0.379 e. The molecule has 0 aliphatic heterocycles. The number of aryl methyl sites for hydroxylation is 1. The molecule has 0 unspecified atom stereocenters. The van der Waals surface area contributed by atoms with Crippen molar-refractivity contribution in [3.63, 3.8) is 0 Å². The number of hydrogen-bond acceptors (Lipinski definition) is 3. The van der Waals surface area contributed by atoms with Gasteiger partial charge >= 0.3 is 0 Å². The van der Waals surface area contributed by atoms with Crippen LogP contribution in [0, 0.1) is 0 Å². The standard InChI is InChI=1S/C13H15N5/c1-2-18-10(6-7-16-18)8-14-12-4-3-5-13-11(12)9-15-17-13/h3-7,9,14H,2,8H2,1H3,(H,15,17). The lowest BCUT2D eigenvalue weighted by Gasteiger charge is -2.08. The second-order valence-electron chi connectivity index (χ2n) is 4.13. The van der Waals surface area contributed by atoms with Crippen molar-refractivity contribution in [2.45, 2.75) is 20.0 Å². The van der Waals surface area contributed by atoms with Crippen molar-refractivity contribution >= 4 is 16.6 Å². The van der Waals surface area contributed by atoms with Crippen LogP contribution in [0.5, 0.6) is 0 Å². The minimum absolute atomic E-state index is 0.762. The molecule has 5 heteroatoms. The van der Waals surface area contributed by atoms with Crippen LogP contribution in [0.4, 0.5) is 5.69 Å². The third-order valence-electron chi connectivity index (χ3n) is 3.05.